The largest absolute Gasteiger partial charge is 0.382 e. The number of carbonyl (C=O) groups excluding carboxylic acids is 1. The summed E-state index contributed by atoms with van der Waals surface area (Å²) < 4.78 is 0.978. The molecule has 2 aromatic rings. The summed E-state index contributed by atoms with van der Waals surface area (Å²) in [5.74, 6) is -0.126. The van der Waals surface area contributed by atoms with Gasteiger partial charge in [-0.1, -0.05) is 70.5 Å². The van der Waals surface area contributed by atoms with E-state index >= 15 is 0 Å². The molecule has 0 bridgehead atoms. The number of halogens is 1. The molecule has 0 aromatic heterocycles. The second-order valence-corrected chi connectivity index (χ2v) is 6.64. The number of amides is 1. The van der Waals surface area contributed by atoms with Crippen LogP contribution in [0.1, 0.15) is 36.9 Å². The molecule has 0 unspecified atom stereocenters. The van der Waals surface area contributed by atoms with E-state index in [9.17, 15) is 4.79 Å². The van der Waals surface area contributed by atoms with Gasteiger partial charge in [-0.15, -0.1) is 0 Å². The van der Waals surface area contributed by atoms with Gasteiger partial charge in [0.25, 0.3) is 5.91 Å². The van der Waals surface area contributed by atoms with Crippen LogP contribution in [0.3, 0.4) is 0 Å². The fourth-order valence-corrected chi connectivity index (χ4v) is 3.13. The molecule has 1 aliphatic rings. The number of oxime groups is 1. The van der Waals surface area contributed by atoms with Gasteiger partial charge >= 0.3 is 0 Å². The lowest BCUT2D eigenvalue weighted by molar-refractivity contribution is -0.132. The van der Waals surface area contributed by atoms with Gasteiger partial charge in [-0.3, -0.25) is 4.79 Å². The molecule has 2 aromatic carbocycles. The van der Waals surface area contributed by atoms with Gasteiger partial charge in [-0.25, -0.2) is 0 Å². The number of nitrogens with one attached hydrogen (secondary N) is 1. The van der Waals surface area contributed by atoms with Crippen molar-refractivity contribution in [1.82, 2.24) is 5.32 Å². The van der Waals surface area contributed by atoms with Crippen molar-refractivity contribution in [2.24, 2.45) is 5.16 Å². The smallest absolute Gasteiger partial charge is 0.264 e. The molecule has 0 aliphatic carbocycles. The van der Waals surface area contributed by atoms with Crippen LogP contribution in [-0.2, 0) is 9.63 Å². The van der Waals surface area contributed by atoms with Gasteiger partial charge in [0.15, 0.2) is 0 Å². The second kappa shape index (κ2) is 7.62. The minimum absolute atomic E-state index is 0.0165. The fourth-order valence-electron chi connectivity index (χ4n) is 2.73. The lowest BCUT2D eigenvalue weighted by Gasteiger charge is -2.19. The highest BCUT2D eigenvalue weighted by atomic mass is 79.9. The van der Waals surface area contributed by atoms with Gasteiger partial charge in [0.1, 0.15) is 0 Å². The summed E-state index contributed by atoms with van der Waals surface area (Å²) in [5, 5.41) is 7.15. The van der Waals surface area contributed by atoms with E-state index in [1.54, 1.807) is 0 Å². The molecule has 0 saturated carbocycles. The Bertz CT molecular complexity index is 746. The van der Waals surface area contributed by atoms with Crippen LogP contribution in [0, 0.1) is 0 Å². The standard InChI is InChI=1S/C19H19BrN2O2/c1-2-16(13-7-4-3-5-8-13)21-19(23)18-12-17(22-24-18)14-9-6-10-15(20)11-14/h3-11,16,18H,2,12H2,1H3,(H,21,23)/t16-,18-/m1/s1. The first-order valence-electron chi connectivity index (χ1n) is 8.01. The van der Waals surface area contributed by atoms with Crippen molar-refractivity contribution < 1.29 is 9.63 Å². The van der Waals surface area contributed by atoms with E-state index in [1.165, 1.54) is 0 Å². The Labute approximate surface area is 150 Å². The topological polar surface area (TPSA) is 50.7 Å². The molecular weight excluding hydrogens is 368 g/mol. The Kier molecular flexibility index (Phi) is 5.30. The number of hydrogen-bond acceptors (Lipinski definition) is 3. The van der Waals surface area contributed by atoms with Crippen LogP contribution in [0.4, 0.5) is 0 Å². The molecule has 1 N–H and O–H groups in total. The van der Waals surface area contributed by atoms with Crippen LogP contribution in [-0.4, -0.2) is 17.7 Å². The first-order chi connectivity index (χ1) is 11.7. The van der Waals surface area contributed by atoms with Crippen LogP contribution in [0.5, 0.6) is 0 Å². The van der Waals surface area contributed by atoms with Crippen LogP contribution >= 0.6 is 15.9 Å². The van der Waals surface area contributed by atoms with E-state index in [-0.39, 0.29) is 11.9 Å². The Morgan fingerprint density at radius 3 is 2.79 bits per heavy atom. The maximum atomic E-state index is 12.5. The van der Waals surface area contributed by atoms with Crippen molar-refractivity contribution in [3.05, 3.63) is 70.2 Å². The third-order valence-electron chi connectivity index (χ3n) is 4.05. The quantitative estimate of drug-likeness (QED) is 0.836. The summed E-state index contributed by atoms with van der Waals surface area (Å²) in [6.45, 7) is 2.05. The number of carbonyl (C=O) groups is 1. The van der Waals surface area contributed by atoms with Crippen LogP contribution in [0.2, 0.25) is 0 Å². The zero-order valence-electron chi connectivity index (χ0n) is 13.4. The van der Waals surface area contributed by atoms with Gasteiger partial charge in [0, 0.05) is 16.5 Å². The Hall–Kier alpha value is -2.14. The normalized spacial score (nSPS) is 17.8. The van der Waals surface area contributed by atoms with Crippen molar-refractivity contribution >= 4 is 27.5 Å². The van der Waals surface area contributed by atoms with Crippen molar-refractivity contribution in [3.8, 4) is 0 Å². The van der Waals surface area contributed by atoms with Crippen molar-refractivity contribution in [2.45, 2.75) is 31.9 Å². The molecule has 5 heteroatoms. The maximum absolute atomic E-state index is 12.5. The summed E-state index contributed by atoms with van der Waals surface area (Å²) >= 11 is 3.45. The molecule has 124 valence electrons. The van der Waals surface area contributed by atoms with Crippen LogP contribution in [0.15, 0.2) is 64.2 Å². The highest BCUT2D eigenvalue weighted by molar-refractivity contribution is 9.10. The molecule has 0 radical (unpaired) electrons. The van der Waals surface area contributed by atoms with E-state index in [1.807, 2.05) is 54.6 Å². The SMILES string of the molecule is CC[C@@H](NC(=O)[C@H]1CC(c2cccc(Br)c2)=NO1)c1ccccc1. The summed E-state index contributed by atoms with van der Waals surface area (Å²) in [6.07, 6.45) is 0.728. The third kappa shape index (κ3) is 3.85. The summed E-state index contributed by atoms with van der Waals surface area (Å²) in [5.41, 5.74) is 2.86. The lowest BCUT2D eigenvalue weighted by Crippen LogP contribution is -2.37. The Morgan fingerprint density at radius 1 is 1.29 bits per heavy atom. The van der Waals surface area contributed by atoms with Gasteiger partial charge < -0.3 is 10.2 Å². The molecule has 1 heterocycles. The van der Waals surface area contributed by atoms with E-state index in [2.05, 4.69) is 33.3 Å². The van der Waals surface area contributed by atoms with Gasteiger partial charge in [0.05, 0.1) is 11.8 Å². The van der Waals surface area contributed by atoms with Gasteiger partial charge in [0.2, 0.25) is 6.10 Å². The molecule has 2 atom stereocenters. The van der Waals surface area contributed by atoms with E-state index in [0.29, 0.717) is 6.42 Å². The zero-order valence-corrected chi connectivity index (χ0v) is 15.0. The lowest BCUT2D eigenvalue weighted by atomic mass is 10.0. The highest BCUT2D eigenvalue weighted by Gasteiger charge is 2.30. The molecule has 0 fully saturated rings. The number of hydrogen-bond donors (Lipinski definition) is 1. The zero-order chi connectivity index (χ0) is 16.9. The molecule has 0 saturated heterocycles. The maximum Gasteiger partial charge on any atom is 0.264 e. The minimum atomic E-state index is -0.572. The van der Waals surface area contributed by atoms with Crippen LogP contribution < -0.4 is 5.32 Å². The number of benzene rings is 2. The first-order valence-corrected chi connectivity index (χ1v) is 8.80. The Balaban J connectivity index is 1.63. The molecule has 24 heavy (non-hydrogen) atoms. The van der Waals surface area contributed by atoms with Crippen molar-refractivity contribution in [1.29, 1.82) is 0 Å². The average molecular weight is 387 g/mol. The first kappa shape index (κ1) is 16.7. The fraction of sp³-hybridized carbons (Fsp3) is 0.263. The summed E-state index contributed by atoms with van der Waals surface area (Å²) in [6, 6.07) is 17.8. The summed E-state index contributed by atoms with van der Waals surface area (Å²) in [4.78, 5) is 17.9. The van der Waals surface area contributed by atoms with Gasteiger partial charge in [-0.05, 0) is 24.1 Å². The minimum Gasteiger partial charge on any atom is -0.382 e. The highest BCUT2D eigenvalue weighted by Crippen LogP contribution is 2.21. The molecular formula is C19H19BrN2O2. The molecule has 4 nitrogen and oxygen atoms in total. The predicted molar refractivity (Wildman–Crippen MR) is 97.8 cm³/mol. The summed E-state index contributed by atoms with van der Waals surface area (Å²) in [7, 11) is 0. The predicted octanol–water partition coefficient (Wildman–Crippen LogP) is 4.21. The molecule has 1 aliphatic heterocycles. The van der Waals surface area contributed by atoms with Crippen molar-refractivity contribution in [2.75, 3.05) is 0 Å². The third-order valence-corrected chi connectivity index (χ3v) is 4.54. The Morgan fingerprint density at radius 2 is 2.08 bits per heavy atom. The second-order valence-electron chi connectivity index (χ2n) is 5.73. The number of nitrogens with zero attached hydrogens (tertiary/aromatic N) is 1. The van der Waals surface area contributed by atoms with E-state index in [4.69, 9.17) is 4.84 Å². The molecule has 3 rings (SSSR count). The van der Waals surface area contributed by atoms with E-state index < -0.39 is 6.10 Å². The van der Waals surface area contributed by atoms with E-state index in [0.717, 1.165) is 27.7 Å². The average Bonchev–Trinajstić information content (AvgIpc) is 3.10. The van der Waals surface area contributed by atoms with Crippen molar-refractivity contribution in [3.63, 3.8) is 0 Å². The van der Waals surface area contributed by atoms with Gasteiger partial charge in [-0.2, -0.15) is 0 Å². The molecule has 1 amide bonds. The van der Waals surface area contributed by atoms with Crippen LogP contribution in [0.25, 0.3) is 0 Å². The monoisotopic (exact) mass is 386 g/mol. The number of rotatable bonds is 5. The molecule has 0 spiro atoms.